The summed E-state index contributed by atoms with van der Waals surface area (Å²) in [5.41, 5.74) is -3.16. The molecule has 9 heteroatoms. The highest BCUT2D eigenvalue weighted by atomic mass is 16.6. The van der Waals surface area contributed by atoms with Crippen molar-refractivity contribution < 1.29 is 42.9 Å². The number of methoxy groups -OCH3 is 1. The maximum atomic E-state index is 13.5. The molecule has 5 aliphatic rings. The number of ether oxygens (including phenoxy) is 4. The maximum Gasteiger partial charge on any atom is 0.318 e. The van der Waals surface area contributed by atoms with Crippen molar-refractivity contribution in [3.8, 4) is 0 Å². The number of fused-ring (bicyclic) bond motifs is 2. The van der Waals surface area contributed by atoms with Crippen LogP contribution in [0, 0.1) is 58.2 Å². The van der Waals surface area contributed by atoms with Crippen LogP contribution in [0.25, 0.3) is 0 Å². The Kier molecular flexibility index (Phi) is 6.90. The second-order valence-corrected chi connectivity index (χ2v) is 13.7. The van der Waals surface area contributed by atoms with Gasteiger partial charge in [0, 0.05) is 12.8 Å². The number of hydrogen-bond donors (Lipinski definition) is 0. The van der Waals surface area contributed by atoms with Crippen LogP contribution in [0.2, 0.25) is 0 Å². The van der Waals surface area contributed by atoms with E-state index in [0.717, 1.165) is 6.42 Å². The fourth-order valence-corrected chi connectivity index (χ4v) is 9.23. The summed E-state index contributed by atoms with van der Waals surface area (Å²) < 4.78 is 21.6. The Morgan fingerprint density at radius 1 is 1.03 bits per heavy atom. The molecule has 2 bridgehead atoms. The summed E-state index contributed by atoms with van der Waals surface area (Å²) in [6.45, 7) is 10.5. The van der Waals surface area contributed by atoms with Crippen molar-refractivity contribution in [2.45, 2.75) is 85.2 Å². The lowest BCUT2D eigenvalue weighted by Crippen LogP contribution is -2.49. The lowest BCUT2D eigenvalue weighted by Gasteiger charge is -2.43. The minimum Gasteiger partial charge on any atom is -0.469 e. The average molecular weight is 547 g/mol. The molecule has 0 amide bonds. The van der Waals surface area contributed by atoms with E-state index in [4.69, 9.17) is 18.9 Å². The first-order chi connectivity index (χ1) is 18.3. The number of esters is 5. The Balaban J connectivity index is 1.46. The van der Waals surface area contributed by atoms with Crippen LogP contribution in [-0.4, -0.2) is 49.2 Å². The van der Waals surface area contributed by atoms with Gasteiger partial charge in [0.05, 0.1) is 36.4 Å². The van der Waals surface area contributed by atoms with Gasteiger partial charge in [0.1, 0.15) is 5.60 Å². The van der Waals surface area contributed by atoms with Crippen LogP contribution in [0.1, 0.15) is 79.6 Å². The molecule has 216 valence electrons. The summed E-state index contributed by atoms with van der Waals surface area (Å²) in [5, 5.41) is 0. The number of cyclic esters (lactones) is 4. The number of hydrogen-bond acceptors (Lipinski definition) is 9. The zero-order valence-electron chi connectivity index (χ0n) is 23.9. The third-order valence-electron chi connectivity index (χ3n) is 11.6. The normalized spacial score (nSPS) is 44.8. The monoisotopic (exact) mass is 546 g/mol. The van der Waals surface area contributed by atoms with Crippen molar-refractivity contribution >= 4 is 29.8 Å². The fraction of sp³-hybridized carbons (Fsp3) is 0.833. The van der Waals surface area contributed by atoms with Gasteiger partial charge in [-0.05, 0) is 81.5 Å². The van der Waals surface area contributed by atoms with Crippen molar-refractivity contribution in [2.24, 2.45) is 58.2 Å². The molecule has 3 heterocycles. The second kappa shape index (κ2) is 9.58. The van der Waals surface area contributed by atoms with Crippen molar-refractivity contribution in [3.05, 3.63) is 0 Å². The smallest absolute Gasteiger partial charge is 0.318 e. The van der Waals surface area contributed by atoms with Crippen LogP contribution >= 0.6 is 0 Å². The molecule has 2 aliphatic carbocycles. The maximum absolute atomic E-state index is 13.5. The second-order valence-electron chi connectivity index (χ2n) is 13.7. The van der Waals surface area contributed by atoms with E-state index in [-0.39, 0.29) is 55.4 Å². The largest absolute Gasteiger partial charge is 0.469 e. The zero-order valence-corrected chi connectivity index (χ0v) is 23.9. The molecular weight excluding hydrogens is 504 g/mol. The molecule has 11 unspecified atom stereocenters. The molecular formula is C30H42O9. The summed E-state index contributed by atoms with van der Waals surface area (Å²) >= 11 is 0. The third-order valence-corrected chi connectivity index (χ3v) is 11.6. The van der Waals surface area contributed by atoms with E-state index < -0.39 is 46.2 Å². The Morgan fingerprint density at radius 2 is 1.72 bits per heavy atom. The zero-order chi connectivity index (χ0) is 28.5. The molecule has 0 aromatic rings. The van der Waals surface area contributed by atoms with E-state index in [0.29, 0.717) is 37.2 Å². The van der Waals surface area contributed by atoms with Crippen LogP contribution in [0.3, 0.4) is 0 Å². The topological polar surface area (TPSA) is 122 Å². The quantitative estimate of drug-likeness (QED) is 0.254. The molecule has 0 aromatic carbocycles. The van der Waals surface area contributed by atoms with Gasteiger partial charge in [-0.15, -0.1) is 0 Å². The van der Waals surface area contributed by atoms with E-state index in [1.807, 2.05) is 6.92 Å². The third kappa shape index (κ3) is 4.29. The predicted octanol–water partition coefficient (Wildman–Crippen LogP) is 3.86. The first-order valence-corrected chi connectivity index (χ1v) is 14.5. The molecule has 0 N–H and O–H groups in total. The highest BCUT2D eigenvalue weighted by molar-refractivity contribution is 6.00. The first kappa shape index (κ1) is 28.1. The van der Waals surface area contributed by atoms with Gasteiger partial charge in [-0.3, -0.25) is 24.0 Å². The van der Waals surface area contributed by atoms with Crippen molar-refractivity contribution in [2.75, 3.05) is 13.7 Å². The summed E-state index contributed by atoms with van der Waals surface area (Å²) in [6, 6.07) is 0. The molecule has 0 spiro atoms. The molecule has 0 radical (unpaired) electrons. The summed E-state index contributed by atoms with van der Waals surface area (Å²) in [5.74, 6) is -2.34. The molecule has 9 nitrogen and oxygen atoms in total. The Bertz CT molecular complexity index is 1080. The van der Waals surface area contributed by atoms with E-state index >= 15 is 0 Å². The summed E-state index contributed by atoms with van der Waals surface area (Å²) in [4.78, 5) is 65.1. The van der Waals surface area contributed by atoms with Crippen LogP contribution < -0.4 is 0 Å². The lowest BCUT2D eigenvalue weighted by atomic mass is 9.58. The highest BCUT2D eigenvalue weighted by Gasteiger charge is 2.66. The fourth-order valence-electron chi connectivity index (χ4n) is 9.23. The van der Waals surface area contributed by atoms with Crippen LogP contribution in [0.15, 0.2) is 0 Å². The van der Waals surface area contributed by atoms with Crippen LogP contribution in [0.5, 0.6) is 0 Å². The summed E-state index contributed by atoms with van der Waals surface area (Å²) in [7, 11) is 1.28. The Labute approximate surface area is 230 Å². The van der Waals surface area contributed by atoms with Crippen molar-refractivity contribution in [3.63, 3.8) is 0 Å². The Hall–Kier alpha value is -2.45. The highest BCUT2D eigenvalue weighted by Crippen LogP contribution is 2.63. The first-order valence-electron chi connectivity index (χ1n) is 14.5. The number of carbonyl (C=O) groups excluding carboxylic acids is 5. The number of rotatable bonds is 8. The lowest BCUT2D eigenvalue weighted by molar-refractivity contribution is -0.167. The van der Waals surface area contributed by atoms with Crippen molar-refractivity contribution in [1.29, 1.82) is 0 Å². The van der Waals surface area contributed by atoms with Gasteiger partial charge in [0.15, 0.2) is 0 Å². The van der Waals surface area contributed by atoms with E-state index in [2.05, 4.69) is 20.8 Å². The van der Waals surface area contributed by atoms with Crippen LogP contribution in [0.4, 0.5) is 0 Å². The van der Waals surface area contributed by atoms with E-state index in [9.17, 15) is 24.0 Å². The van der Waals surface area contributed by atoms with Gasteiger partial charge in [0.2, 0.25) is 0 Å². The minimum absolute atomic E-state index is 0.0560. The Morgan fingerprint density at radius 3 is 2.28 bits per heavy atom. The molecule has 3 aliphatic heterocycles. The minimum atomic E-state index is -1.38. The molecule has 5 rings (SSSR count). The van der Waals surface area contributed by atoms with Gasteiger partial charge < -0.3 is 18.9 Å². The van der Waals surface area contributed by atoms with Gasteiger partial charge in [0.25, 0.3) is 0 Å². The average Bonchev–Trinajstić information content (AvgIpc) is 3.65. The van der Waals surface area contributed by atoms with Crippen molar-refractivity contribution in [1.82, 2.24) is 0 Å². The number of carbonyl (C=O) groups is 5. The molecule has 11 atom stereocenters. The van der Waals surface area contributed by atoms with Gasteiger partial charge in [-0.2, -0.15) is 0 Å². The SMILES string of the molecule is COC(=O)C(C)(CCC1(CC2(C)CCOC2=O)CCC(=O)O1)C1C(=O)OC(=O)C1C1C(C)C2CC1C(C)C2C. The molecule has 5 fully saturated rings. The van der Waals surface area contributed by atoms with E-state index in [1.165, 1.54) is 7.11 Å². The standard InChI is InChI=1S/C30H42O9/c1-15-16(2)19-13-18(15)17(3)21(19)22-23(25(33)38-24(22)32)29(5,27(35)36-6)9-10-30(8-7-20(31)39-30)14-28(4)11-12-37-26(28)34/h15-19,21-23H,7-14H2,1-6H3. The van der Waals surface area contributed by atoms with Gasteiger partial charge in [-0.25, -0.2) is 0 Å². The molecule has 0 aromatic heterocycles. The summed E-state index contributed by atoms with van der Waals surface area (Å²) in [6.07, 6.45) is 2.82. The predicted molar refractivity (Wildman–Crippen MR) is 136 cm³/mol. The van der Waals surface area contributed by atoms with E-state index in [1.54, 1.807) is 6.92 Å². The molecule has 2 saturated carbocycles. The molecule has 3 saturated heterocycles. The van der Waals surface area contributed by atoms with Gasteiger partial charge >= 0.3 is 29.8 Å². The van der Waals surface area contributed by atoms with Gasteiger partial charge in [-0.1, -0.05) is 20.8 Å². The molecule has 39 heavy (non-hydrogen) atoms. The van der Waals surface area contributed by atoms with Crippen LogP contribution in [-0.2, 0) is 42.9 Å².